The summed E-state index contributed by atoms with van der Waals surface area (Å²) in [6.45, 7) is 1.05. The average Bonchev–Trinajstić information content (AvgIpc) is 3.78. The smallest absolute Gasteiger partial charge is 0.258 e. The third-order valence-electron chi connectivity index (χ3n) is 8.53. The van der Waals surface area contributed by atoms with Gasteiger partial charge < -0.3 is 9.84 Å². The lowest BCUT2D eigenvalue weighted by Gasteiger charge is -2.53. The lowest BCUT2D eigenvalue weighted by atomic mass is 9.54. The number of fused-ring (bicyclic) bond motifs is 3. The van der Waals surface area contributed by atoms with Crippen LogP contribution in [0.4, 0.5) is 5.69 Å². The van der Waals surface area contributed by atoms with E-state index in [9.17, 15) is 0 Å². The van der Waals surface area contributed by atoms with Crippen molar-refractivity contribution in [2.75, 3.05) is 11.9 Å². The van der Waals surface area contributed by atoms with E-state index in [0.717, 1.165) is 29.5 Å². The van der Waals surface area contributed by atoms with Crippen molar-refractivity contribution in [2.24, 2.45) is 5.41 Å². The summed E-state index contributed by atoms with van der Waals surface area (Å²) >= 11 is 1.94. The van der Waals surface area contributed by atoms with Crippen molar-refractivity contribution in [2.45, 2.75) is 81.5 Å². The predicted octanol–water partition coefficient (Wildman–Crippen LogP) is 6.65. The molecule has 2 aromatic heterocycles. The van der Waals surface area contributed by atoms with E-state index < -0.39 is 0 Å². The van der Waals surface area contributed by atoms with Gasteiger partial charge in [-0.2, -0.15) is 4.98 Å². The van der Waals surface area contributed by atoms with Gasteiger partial charge in [0.05, 0.1) is 10.7 Å². The SMILES string of the molecule is c1cc(NCC23CCC(c4nc(C5CC5)cs4)(CC2)CC3)cc(-c2nc(C3CC3)no2)c1. The highest BCUT2D eigenvalue weighted by molar-refractivity contribution is 7.09. The van der Waals surface area contributed by atoms with E-state index in [1.54, 1.807) is 0 Å². The minimum atomic E-state index is 0.372. The lowest BCUT2D eigenvalue weighted by molar-refractivity contribution is 0.0504. The Hall–Kier alpha value is -2.21. The van der Waals surface area contributed by atoms with E-state index in [1.807, 2.05) is 11.3 Å². The van der Waals surface area contributed by atoms with E-state index in [-0.39, 0.29) is 0 Å². The van der Waals surface area contributed by atoms with Crippen LogP contribution in [0.2, 0.25) is 0 Å². The molecule has 1 aromatic carbocycles. The molecule has 32 heavy (non-hydrogen) atoms. The maximum absolute atomic E-state index is 5.53. The average molecular weight is 447 g/mol. The fourth-order valence-corrected chi connectivity index (χ4v) is 7.05. The summed E-state index contributed by atoms with van der Waals surface area (Å²) in [6, 6.07) is 8.46. The van der Waals surface area contributed by atoms with Gasteiger partial charge in [-0.1, -0.05) is 11.2 Å². The van der Waals surface area contributed by atoms with Gasteiger partial charge in [0.1, 0.15) is 0 Å². The Bertz CT molecular complexity index is 1120. The van der Waals surface area contributed by atoms with Crippen molar-refractivity contribution in [1.82, 2.24) is 15.1 Å². The topological polar surface area (TPSA) is 63.8 Å². The molecule has 0 aliphatic heterocycles. The lowest BCUT2D eigenvalue weighted by Crippen LogP contribution is -2.47. The number of rotatable bonds is 7. The van der Waals surface area contributed by atoms with Crippen LogP contribution in [0.1, 0.15) is 92.6 Å². The molecule has 0 spiro atoms. The highest BCUT2D eigenvalue weighted by Crippen LogP contribution is 2.58. The summed E-state index contributed by atoms with van der Waals surface area (Å²) in [7, 11) is 0. The number of nitrogens with one attached hydrogen (secondary N) is 1. The first-order valence-corrected chi connectivity index (χ1v) is 13.2. The zero-order valence-corrected chi connectivity index (χ0v) is 19.3. The normalized spacial score (nSPS) is 29.4. The number of aromatic nitrogens is 3. The molecule has 3 aromatic rings. The summed E-state index contributed by atoms with van der Waals surface area (Å²) in [5, 5.41) is 11.7. The molecule has 2 heterocycles. The molecule has 166 valence electrons. The van der Waals surface area contributed by atoms with Crippen molar-refractivity contribution >= 4 is 17.0 Å². The molecule has 5 saturated carbocycles. The number of hydrogen-bond acceptors (Lipinski definition) is 6. The van der Waals surface area contributed by atoms with E-state index in [0.29, 0.717) is 22.6 Å². The first-order chi connectivity index (χ1) is 15.7. The second-order valence-corrected chi connectivity index (χ2v) is 11.7. The van der Waals surface area contributed by atoms with Crippen molar-refractivity contribution in [3.05, 3.63) is 46.2 Å². The van der Waals surface area contributed by atoms with Gasteiger partial charge in [0, 0.05) is 40.4 Å². The van der Waals surface area contributed by atoms with Gasteiger partial charge in [-0.05, 0) is 87.8 Å². The first-order valence-electron chi connectivity index (χ1n) is 12.3. The van der Waals surface area contributed by atoms with Crippen LogP contribution in [-0.4, -0.2) is 21.7 Å². The highest BCUT2D eigenvalue weighted by atomic mass is 32.1. The van der Waals surface area contributed by atoms with Crippen LogP contribution in [0.5, 0.6) is 0 Å². The minimum absolute atomic E-state index is 0.372. The van der Waals surface area contributed by atoms with Gasteiger partial charge >= 0.3 is 0 Å². The van der Waals surface area contributed by atoms with Crippen molar-refractivity contribution in [3.8, 4) is 11.5 Å². The second-order valence-electron chi connectivity index (χ2n) is 10.8. The van der Waals surface area contributed by atoms with E-state index >= 15 is 0 Å². The monoisotopic (exact) mass is 446 g/mol. The third kappa shape index (κ3) is 3.38. The maximum Gasteiger partial charge on any atom is 0.258 e. The van der Waals surface area contributed by atoms with Gasteiger partial charge in [0.15, 0.2) is 5.82 Å². The van der Waals surface area contributed by atoms with E-state index in [4.69, 9.17) is 9.51 Å². The molecule has 5 aliphatic rings. The summed E-state index contributed by atoms with van der Waals surface area (Å²) in [4.78, 5) is 9.73. The number of nitrogens with zero attached hydrogens (tertiary/aromatic N) is 3. The molecule has 2 bridgehead atoms. The summed E-state index contributed by atoms with van der Waals surface area (Å²) < 4.78 is 5.53. The van der Waals surface area contributed by atoms with Gasteiger partial charge in [-0.15, -0.1) is 11.3 Å². The first kappa shape index (κ1) is 19.3. The van der Waals surface area contributed by atoms with Crippen LogP contribution >= 0.6 is 11.3 Å². The molecule has 0 atom stereocenters. The summed E-state index contributed by atoms with van der Waals surface area (Å²) in [6.07, 6.45) is 12.9. The fraction of sp³-hybridized carbons (Fsp3) is 0.577. The molecule has 1 N–H and O–H groups in total. The van der Waals surface area contributed by atoms with Gasteiger partial charge in [-0.25, -0.2) is 4.98 Å². The molecule has 0 saturated heterocycles. The molecule has 0 amide bonds. The van der Waals surface area contributed by atoms with Gasteiger partial charge in [-0.3, -0.25) is 0 Å². The Morgan fingerprint density at radius 2 is 1.75 bits per heavy atom. The van der Waals surface area contributed by atoms with Crippen LogP contribution in [0, 0.1) is 5.41 Å². The number of hydrogen-bond donors (Lipinski definition) is 1. The molecule has 5 fully saturated rings. The standard InChI is InChI=1S/C26H30N4OS/c1-2-19(23-29-22(30-31-23)18-6-7-18)14-20(3-1)27-16-25-8-11-26(12-9-25,13-10-25)24-28-21(15-32-24)17-4-5-17/h1-3,14-15,17-18,27H,4-13,16H2. The Morgan fingerprint density at radius 1 is 0.969 bits per heavy atom. The molecule has 0 unspecified atom stereocenters. The fourth-order valence-electron chi connectivity index (χ4n) is 5.86. The number of anilines is 1. The molecule has 0 radical (unpaired) electrons. The van der Waals surface area contributed by atoms with Crippen LogP contribution in [0.25, 0.3) is 11.5 Å². The number of thiazole rings is 1. The zero-order chi connectivity index (χ0) is 21.2. The maximum atomic E-state index is 5.53. The Kier molecular flexibility index (Phi) is 4.30. The predicted molar refractivity (Wildman–Crippen MR) is 126 cm³/mol. The zero-order valence-electron chi connectivity index (χ0n) is 18.5. The quantitative estimate of drug-likeness (QED) is 0.440. The molecule has 5 nitrogen and oxygen atoms in total. The largest absolute Gasteiger partial charge is 0.384 e. The van der Waals surface area contributed by atoms with Gasteiger partial charge in [0.25, 0.3) is 5.89 Å². The Morgan fingerprint density at radius 3 is 2.50 bits per heavy atom. The van der Waals surface area contributed by atoms with Gasteiger partial charge in [0.2, 0.25) is 0 Å². The molecule has 5 aliphatic carbocycles. The minimum Gasteiger partial charge on any atom is -0.384 e. The molecule has 6 heteroatoms. The number of benzene rings is 1. The van der Waals surface area contributed by atoms with Crippen LogP contribution in [0.15, 0.2) is 34.2 Å². The molecule has 8 rings (SSSR count). The van der Waals surface area contributed by atoms with Crippen molar-refractivity contribution in [3.63, 3.8) is 0 Å². The highest BCUT2D eigenvalue weighted by Gasteiger charge is 2.50. The molecular weight excluding hydrogens is 416 g/mol. The van der Waals surface area contributed by atoms with Crippen molar-refractivity contribution in [1.29, 1.82) is 0 Å². The Balaban J connectivity index is 1.02. The summed E-state index contributed by atoms with van der Waals surface area (Å²) in [5.41, 5.74) is 4.34. The Labute approximate surface area is 193 Å². The van der Waals surface area contributed by atoms with Crippen LogP contribution in [0.3, 0.4) is 0 Å². The van der Waals surface area contributed by atoms with Crippen LogP contribution < -0.4 is 5.32 Å². The van der Waals surface area contributed by atoms with E-state index in [1.165, 1.54) is 74.9 Å². The van der Waals surface area contributed by atoms with Crippen molar-refractivity contribution < 1.29 is 4.52 Å². The third-order valence-corrected chi connectivity index (χ3v) is 9.64. The second kappa shape index (κ2) is 7.14. The van der Waals surface area contributed by atoms with Crippen LogP contribution in [-0.2, 0) is 5.41 Å². The summed E-state index contributed by atoms with van der Waals surface area (Å²) in [5.74, 6) is 2.80. The van der Waals surface area contributed by atoms with E-state index in [2.05, 4.69) is 45.1 Å². The molecular formula is C26H30N4OS.